The summed E-state index contributed by atoms with van der Waals surface area (Å²) in [5.74, 6) is 0.622. The third kappa shape index (κ3) is 2.73. The highest BCUT2D eigenvalue weighted by atomic mass is 16.5. The molecule has 0 aliphatic heterocycles. The summed E-state index contributed by atoms with van der Waals surface area (Å²) in [6.45, 7) is 0.263. The lowest BCUT2D eigenvalue weighted by Crippen LogP contribution is -1.98. The van der Waals surface area contributed by atoms with Crippen LogP contribution >= 0.6 is 0 Å². The Morgan fingerprint density at radius 1 is 1.29 bits per heavy atom. The zero-order valence-corrected chi connectivity index (χ0v) is 9.00. The van der Waals surface area contributed by atoms with Crippen molar-refractivity contribution in [3.05, 3.63) is 53.9 Å². The van der Waals surface area contributed by atoms with E-state index in [4.69, 9.17) is 10.00 Å². The van der Waals surface area contributed by atoms with Crippen molar-refractivity contribution in [2.45, 2.75) is 6.61 Å². The van der Waals surface area contributed by atoms with Gasteiger partial charge in [-0.2, -0.15) is 5.26 Å². The first-order valence-electron chi connectivity index (χ1n) is 5.05. The molecule has 1 aromatic carbocycles. The quantitative estimate of drug-likeness (QED) is 0.871. The molecule has 17 heavy (non-hydrogen) atoms. The van der Waals surface area contributed by atoms with E-state index in [2.05, 4.69) is 4.98 Å². The SMILES string of the molecule is N#Cc1cc(COc2ccccc2)ncc1O. The molecule has 0 fully saturated rings. The first-order chi connectivity index (χ1) is 8.29. The second kappa shape index (κ2) is 4.99. The van der Waals surface area contributed by atoms with Crippen LogP contribution in [0.2, 0.25) is 0 Å². The highest BCUT2D eigenvalue weighted by Gasteiger charge is 2.03. The molecule has 1 aromatic heterocycles. The molecule has 2 aromatic rings. The zero-order chi connectivity index (χ0) is 12.1. The van der Waals surface area contributed by atoms with Gasteiger partial charge in [-0.3, -0.25) is 4.98 Å². The molecule has 0 saturated heterocycles. The molecule has 0 radical (unpaired) electrons. The number of benzene rings is 1. The number of aromatic hydroxyl groups is 1. The maximum Gasteiger partial charge on any atom is 0.151 e. The van der Waals surface area contributed by atoms with Crippen LogP contribution in [-0.4, -0.2) is 10.1 Å². The summed E-state index contributed by atoms with van der Waals surface area (Å²) in [6.07, 6.45) is 1.25. The molecule has 0 bridgehead atoms. The number of para-hydroxylation sites is 1. The Labute approximate surface area is 98.7 Å². The van der Waals surface area contributed by atoms with Crippen molar-refractivity contribution < 1.29 is 9.84 Å². The van der Waals surface area contributed by atoms with Gasteiger partial charge >= 0.3 is 0 Å². The molecule has 0 unspecified atom stereocenters. The molecule has 84 valence electrons. The van der Waals surface area contributed by atoms with Crippen molar-refractivity contribution in [3.8, 4) is 17.6 Å². The lowest BCUT2D eigenvalue weighted by Gasteiger charge is -2.05. The second-order valence-electron chi connectivity index (χ2n) is 3.41. The van der Waals surface area contributed by atoms with Gasteiger partial charge in [0.2, 0.25) is 0 Å². The molecule has 1 N–H and O–H groups in total. The van der Waals surface area contributed by atoms with E-state index < -0.39 is 0 Å². The number of ether oxygens (including phenoxy) is 1. The van der Waals surface area contributed by atoms with E-state index in [9.17, 15) is 5.11 Å². The van der Waals surface area contributed by atoms with Gasteiger partial charge in [-0.15, -0.1) is 0 Å². The summed E-state index contributed by atoms with van der Waals surface area (Å²) >= 11 is 0. The Morgan fingerprint density at radius 3 is 2.76 bits per heavy atom. The van der Waals surface area contributed by atoms with Gasteiger partial charge in [0.1, 0.15) is 18.4 Å². The number of hydrogen-bond donors (Lipinski definition) is 1. The van der Waals surface area contributed by atoms with Crippen LogP contribution in [0.15, 0.2) is 42.6 Å². The summed E-state index contributed by atoms with van der Waals surface area (Å²) in [7, 11) is 0. The van der Waals surface area contributed by atoms with Gasteiger partial charge in [0.25, 0.3) is 0 Å². The third-order valence-electron chi connectivity index (χ3n) is 2.19. The Balaban J connectivity index is 2.08. The van der Waals surface area contributed by atoms with Gasteiger partial charge in [-0.05, 0) is 18.2 Å². The van der Waals surface area contributed by atoms with Gasteiger partial charge < -0.3 is 9.84 Å². The molecule has 0 spiro atoms. The van der Waals surface area contributed by atoms with Gasteiger partial charge in [0, 0.05) is 0 Å². The van der Waals surface area contributed by atoms with Crippen LogP contribution < -0.4 is 4.74 Å². The number of nitriles is 1. The largest absolute Gasteiger partial charge is 0.505 e. The number of hydrogen-bond acceptors (Lipinski definition) is 4. The van der Waals surface area contributed by atoms with Crippen LogP contribution in [0.4, 0.5) is 0 Å². The fourth-order valence-corrected chi connectivity index (χ4v) is 1.33. The average Bonchev–Trinajstić information content (AvgIpc) is 2.39. The van der Waals surface area contributed by atoms with Gasteiger partial charge in [0.15, 0.2) is 5.75 Å². The summed E-state index contributed by atoms with van der Waals surface area (Å²) in [5, 5.41) is 18.0. The highest BCUT2D eigenvalue weighted by Crippen LogP contribution is 2.16. The molecular formula is C13H10N2O2. The standard InChI is InChI=1S/C13H10N2O2/c14-7-10-6-11(15-8-13(10)16)9-17-12-4-2-1-3-5-12/h1-6,8,16H,9H2. The van der Waals surface area contributed by atoms with Crippen LogP contribution in [0.5, 0.6) is 11.5 Å². The van der Waals surface area contributed by atoms with Crippen molar-refractivity contribution in [1.82, 2.24) is 4.98 Å². The van der Waals surface area contributed by atoms with Crippen LogP contribution in [0.25, 0.3) is 0 Å². The topological polar surface area (TPSA) is 66.1 Å². The molecule has 4 nitrogen and oxygen atoms in total. The van der Waals surface area contributed by atoms with Crippen LogP contribution in [-0.2, 0) is 6.61 Å². The Morgan fingerprint density at radius 2 is 2.06 bits per heavy atom. The molecule has 0 amide bonds. The summed E-state index contributed by atoms with van der Waals surface area (Å²) in [5.41, 5.74) is 0.801. The Kier molecular flexibility index (Phi) is 3.22. The first kappa shape index (κ1) is 11.0. The highest BCUT2D eigenvalue weighted by molar-refractivity contribution is 5.41. The van der Waals surface area contributed by atoms with E-state index in [-0.39, 0.29) is 17.9 Å². The molecule has 0 atom stereocenters. The molecule has 1 heterocycles. The van der Waals surface area contributed by atoms with E-state index in [1.807, 2.05) is 36.4 Å². The molecule has 2 rings (SSSR count). The van der Waals surface area contributed by atoms with Crippen LogP contribution in [0.1, 0.15) is 11.3 Å². The van der Waals surface area contributed by atoms with Crippen molar-refractivity contribution in [3.63, 3.8) is 0 Å². The second-order valence-corrected chi connectivity index (χ2v) is 3.41. The molecule has 0 aliphatic rings. The minimum atomic E-state index is -0.115. The Bertz CT molecular complexity index is 547. The monoisotopic (exact) mass is 226 g/mol. The lowest BCUT2D eigenvalue weighted by molar-refractivity contribution is 0.301. The third-order valence-corrected chi connectivity index (χ3v) is 2.19. The predicted octanol–water partition coefficient (Wildman–Crippen LogP) is 2.24. The van der Waals surface area contributed by atoms with Crippen LogP contribution in [0.3, 0.4) is 0 Å². The number of aromatic nitrogens is 1. The van der Waals surface area contributed by atoms with Gasteiger partial charge in [-0.1, -0.05) is 18.2 Å². The van der Waals surface area contributed by atoms with Crippen molar-refractivity contribution in [1.29, 1.82) is 5.26 Å². The van der Waals surface area contributed by atoms with E-state index in [1.54, 1.807) is 0 Å². The Hall–Kier alpha value is -2.54. The zero-order valence-electron chi connectivity index (χ0n) is 9.00. The van der Waals surface area contributed by atoms with Crippen LogP contribution in [0, 0.1) is 11.3 Å². The molecular weight excluding hydrogens is 216 g/mol. The minimum Gasteiger partial charge on any atom is -0.505 e. The fraction of sp³-hybridized carbons (Fsp3) is 0.0769. The number of nitrogens with zero attached hydrogens (tertiary/aromatic N) is 2. The van der Waals surface area contributed by atoms with Crippen molar-refractivity contribution >= 4 is 0 Å². The summed E-state index contributed by atoms with van der Waals surface area (Å²) < 4.78 is 5.48. The molecule has 0 saturated carbocycles. The maximum absolute atomic E-state index is 9.29. The fourth-order valence-electron chi connectivity index (χ4n) is 1.33. The molecule has 0 aliphatic carbocycles. The lowest BCUT2D eigenvalue weighted by atomic mass is 10.2. The molecule has 4 heteroatoms. The van der Waals surface area contributed by atoms with E-state index in [0.29, 0.717) is 5.69 Å². The number of rotatable bonds is 3. The van der Waals surface area contributed by atoms with E-state index >= 15 is 0 Å². The van der Waals surface area contributed by atoms with Gasteiger partial charge in [-0.25, -0.2) is 0 Å². The van der Waals surface area contributed by atoms with Gasteiger partial charge in [0.05, 0.1) is 17.5 Å². The van der Waals surface area contributed by atoms with E-state index in [1.165, 1.54) is 12.3 Å². The van der Waals surface area contributed by atoms with E-state index in [0.717, 1.165) is 5.75 Å². The average molecular weight is 226 g/mol. The summed E-state index contributed by atoms with van der Waals surface area (Å²) in [4.78, 5) is 3.98. The minimum absolute atomic E-state index is 0.115. The predicted molar refractivity (Wildman–Crippen MR) is 61.4 cm³/mol. The number of pyridine rings is 1. The summed E-state index contributed by atoms with van der Waals surface area (Å²) in [6, 6.07) is 12.7. The smallest absolute Gasteiger partial charge is 0.151 e. The normalized spacial score (nSPS) is 9.59. The van der Waals surface area contributed by atoms with Crippen molar-refractivity contribution in [2.24, 2.45) is 0 Å². The first-order valence-corrected chi connectivity index (χ1v) is 5.05. The van der Waals surface area contributed by atoms with Crippen molar-refractivity contribution in [2.75, 3.05) is 0 Å². The maximum atomic E-state index is 9.29.